The quantitative estimate of drug-likeness (QED) is 0.858. The van der Waals surface area contributed by atoms with Crippen LogP contribution in [0.25, 0.3) is 11.3 Å². The van der Waals surface area contributed by atoms with Crippen LogP contribution in [-0.2, 0) is 7.05 Å². The Kier molecular flexibility index (Phi) is 2.79. The van der Waals surface area contributed by atoms with E-state index in [1.54, 1.807) is 4.68 Å². The van der Waals surface area contributed by atoms with Gasteiger partial charge in [-0.1, -0.05) is 12.1 Å². The van der Waals surface area contributed by atoms with Crippen LogP contribution >= 0.6 is 0 Å². The molecule has 90 valence electrons. The van der Waals surface area contributed by atoms with Crippen molar-refractivity contribution < 1.29 is 0 Å². The second-order valence-corrected chi connectivity index (χ2v) is 4.47. The van der Waals surface area contributed by atoms with Gasteiger partial charge in [-0.2, -0.15) is 5.10 Å². The zero-order valence-electron chi connectivity index (χ0n) is 10.7. The van der Waals surface area contributed by atoms with E-state index in [2.05, 4.69) is 35.1 Å². The second-order valence-electron chi connectivity index (χ2n) is 4.47. The molecule has 4 heteroatoms. The molecular weight excluding hydrogens is 212 g/mol. The lowest BCUT2D eigenvalue weighted by atomic mass is 10.1. The van der Waals surface area contributed by atoms with Crippen LogP contribution in [0.2, 0.25) is 0 Å². The van der Waals surface area contributed by atoms with E-state index in [9.17, 15) is 0 Å². The molecule has 0 bridgehead atoms. The summed E-state index contributed by atoms with van der Waals surface area (Å²) < 4.78 is 1.69. The summed E-state index contributed by atoms with van der Waals surface area (Å²) in [5.74, 6) is 0.673. The van der Waals surface area contributed by atoms with E-state index in [0.717, 1.165) is 11.3 Å². The van der Waals surface area contributed by atoms with Crippen LogP contribution in [0.15, 0.2) is 24.3 Å². The minimum Gasteiger partial charge on any atom is -0.384 e. The van der Waals surface area contributed by atoms with Crippen LogP contribution in [0.5, 0.6) is 0 Å². The largest absolute Gasteiger partial charge is 0.384 e. The van der Waals surface area contributed by atoms with E-state index in [1.165, 1.54) is 11.3 Å². The normalized spacial score (nSPS) is 10.6. The maximum atomic E-state index is 5.80. The van der Waals surface area contributed by atoms with E-state index in [0.29, 0.717) is 5.82 Å². The van der Waals surface area contributed by atoms with E-state index in [-0.39, 0.29) is 0 Å². The molecule has 0 fully saturated rings. The number of nitrogens with zero attached hydrogens (tertiary/aromatic N) is 3. The van der Waals surface area contributed by atoms with Crippen molar-refractivity contribution >= 4 is 11.5 Å². The van der Waals surface area contributed by atoms with Gasteiger partial charge in [-0.15, -0.1) is 0 Å². The smallest absolute Gasteiger partial charge is 0.121 e. The third-order valence-corrected chi connectivity index (χ3v) is 2.90. The fourth-order valence-corrected chi connectivity index (χ4v) is 1.87. The van der Waals surface area contributed by atoms with Gasteiger partial charge >= 0.3 is 0 Å². The van der Waals surface area contributed by atoms with Gasteiger partial charge in [0.25, 0.3) is 0 Å². The number of nitrogen functional groups attached to an aromatic ring is 1. The molecule has 0 amide bonds. The van der Waals surface area contributed by atoms with E-state index < -0.39 is 0 Å². The minimum atomic E-state index is 0.673. The summed E-state index contributed by atoms with van der Waals surface area (Å²) in [6.07, 6.45) is 0. The number of aryl methyl sites for hydroxylation is 2. The molecule has 0 saturated heterocycles. The topological polar surface area (TPSA) is 47.1 Å². The lowest BCUT2D eigenvalue weighted by molar-refractivity contribution is 0.782. The molecule has 2 N–H and O–H groups in total. The molecule has 0 aliphatic heterocycles. The summed E-state index contributed by atoms with van der Waals surface area (Å²) in [7, 11) is 5.93. The Morgan fingerprint density at radius 2 is 1.94 bits per heavy atom. The number of nitrogens with two attached hydrogens (primary N) is 1. The fourth-order valence-electron chi connectivity index (χ4n) is 1.87. The highest BCUT2D eigenvalue weighted by atomic mass is 15.3. The number of hydrogen-bond acceptors (Lipinski definition) is 3. The van der Waals surface area contributed by atoms with Crippen molar-refractivity contribution in [1.29, 1.82) is 0 Å². The van der Waals surface area contributed by atoms with Crippen LogP contribution < -0.4 is 10.6 Å². The van der Waals surface area contributed by atoms with Gasteiger partial charge in [0.15, 0.2) is 0 Å². The third kappa shape index (κ3) is 2.11. The highest BCUT2D eigenvalue weighted by Crippen LogP contribution is 2.26. The zero-order chi connectivity index (χ0) is 12.6. The first-order chi connectivity index (χ1) is 7.99. The van der Waals surface area contributed by atoms with Crippen molar-refractivity contribution in [2.45, 2.75) is 6.92 Å². The molecular formula is C13H18N4. The summed E-state index contributed by atoms with van der Waals surface area (Å²) in [4.78, 5) is 2.10. The Balaban J connectivity index is 2.49. The Morgan fingerprint density at radius 3 is 2.47 bits per heavy atom. The third-order valence-electron chi connectivity index (χ3n) is 2.90. The average Bonchev–Trinajstić information content (AvgIpc) is 2.59. The Bertz CT molecular complexity index is 521. The van der Waals surface area contributed by atoms with Gasteiger partial charge < -0.3 is 10.6 Å². The molecule has 2 aromatic rings. The van der Waals surface area contributed by atoms with Crippen LogP contribution in [0.1, 0.15) is 5.56 Å². The van der Waals surface area contributed by atoms with Gasteiger partial charge in [0.05, 0.1) is 5.69 Å². The first kappa shape index (κ1) is 11.5. The SMILES string of the molecule is Cc1ccc(-c2cc(N)n(C)n2)cc1N(C)C. The number of hydrogen-bond donors (Lipinski definition) is 1. The van der Waals surface area contributed by atoms with Gasteiger partial charge in [-0.25, -0.2) is 0 Å². The summed E-state index contributed by atoms with van der Waals surface area (Å²) in [6, 6.07) is 8.21. The van der Waals surface area contributed by atoms with Gasteiger partial charge in [-0.05, 0) is 18.6 Å². The molecule has 0 radical (unpaired) electrons. The summed E-state index contributed by atoms with van der Waals surface area (Å²) >= 11 is 0. The zero-order valence-corrected chi connectivity index (χ0v) is 10.7. The molecule has 1 aromatic carbocycles. The van der Waals surface area contributed by atoms with Crippen LogP contribution in [0.3, 0.4) is 0 Å². The molecule has 17 heavy (non-hydrogen) atoms. The minimum absolute atomic E-state index is 0.673. The fraction of sp³-hybridized carbons (Fsp3) is 0.308. The highest BCUT2D eigenvalue weighted by Gasteiger charge is 2.08. The molecule has 2 rings (SSSR count). The highest BCUT2D eigenvalue weighted by molar-refractivity contribution is 5.69. The molecule has 0 unspecified atom stereocenters. The van der Waals surface area contributed by atoms with E-state index in [1.807, 2.05) is 27.2 Å². The molecule has 0 atom stereocenters. The van der Waals surface area contributed by atoms with Crippen molar-refractivity contribution in [3.8, 4) is 11.3 Å². The Morgan fingerprint density at radius 1 is 1.24 bits per heavy atom. The lowest BCUT2D eigenvalue weighted by Crippen LogP contribution is -2.10. The Labute approximate surface area is 102 Å². The maximum Gasteiger partial charge on any atom is 0.121 e. The van der Waals surface area contributed by atoms with Crippen molar-refractivity contribution in [2.24, 2.45) is 7.05 Å². The molecule has 0 saturated carbocycles. The van der Waals surface area contributed by atoms with Gasteiger partial charge in [0.2, 0.25) is 0 Å². The molecule has 0 aliphatic rings. The van der Waals surface area contributed by atoms with Crippen molar-refractivity contribution in [3.63, 3.8) is 0 Å². The maximum absolute atomic E-state index is 5.80. The molecule has 1 aromatic heterocycles. The van der Waals surface area contributed by atoms with Crippen molar-refractivity contribution in [3.05, 3.63) is 29.8 Å². The summed E-state index contributed by atoms with van der Waals surface area (Å²) in [5, 5.41) is 4.38. The number of anilines is 2. The molecule has 0 aliphatic carbocycles. The molecule has 4 nitrogen and oxygen atoms in total. The van der Waals surface area contributed by atoms with Crippen LogP contribution in [-0.4, -0.2) is 23.9 Å². The predicted molar refractivity (Wildman–Crippen MR) is 72.1 cm³/mol. The predicted octanol–water partition coefficient (Wildman–Crippen LogP) is 2.04. The van der Waals surface area contributed by atoms with Gasteiger partial charge in [0.1, 0.15) is 5.82 Å². The van der Waals surface area contributed by atoms with Gasteiger partial charge in [0, 0.05) is 38.5 Å². The second kappa shape index (κ2) is 4.13. The number of rotatable bonds is 2. The van der Waals surface area contributed by atoms with Crippen LogP contribution in [0.4, 0.5) is 11.5 Å². The van der Waals surface area contributed by atoms with Gasteiger partial charge in [-0.3, -0.25) is 4.68 Å². The van der Waals surface area contributed by atoms with Crippen molar-refractivity contribution in [2.75, 3.05) is 24.7 Å². The Hall–Kier alpha value is -1.97. The number of aromatic nitrogens is 2. The first-order valence-electron chi connectivity index (χ1n) is 5.57. The number of benzene rings is 1. The summed E-state index contributed by atoms with van der Waals surface area (Å²) in [6.45, 7) is 2.10. The van der Waals surface area contributed by atoms with Crippen LogP contribution in [0, 0.1) is 6.92 Å². The average molecular weight is 230 g/mol. The van der Waals surface area contributed by atoms with E-state index >= 15 is 0 Å². The molecule has 1 heterocycles. The summed E-state index contributed by atoms with van der Waals surface area (Å²) in [5.41, 5.74) is 10.2. The van der Waals surface area contributed by atoms with Crippen molar-refractivity contribution in [1.82, 2.24) is 9.78 Å². The molecule has 0 spiro atoms. The standard InChI is InChI=1S/C13H18N4/c1-9-5-6-10(7-12(9)16(2)3)11-8-13(14)17(4)15-11/h5-8H,14H2,1-4H3. The first-order valence-corrected chi connectivity index (χ1v) is 5.57. The lowest BCUT2D eigenvalue weighted by Gasteiger charge is -2.16. The monoisotopic (exact) mass is 230 g/mol. The van der Waals surface area contributed by atoms with E-state index in [4.69, 9.17) is 5.73 Å².